The van der Waals surface area contributed by atoms with Crippen LogP contribution >= 0.6 is 0 Å². The van der Waals surface area contributed by atoms with E-state index in [1.54, 1.807) is 0 Å². The number of rotatable bonds is 6. The molecule has 0 bridgehead atoms. The van der Waals surface area contributed by atoms with E-state index in [0.717, 1.165) is 30.2 Å². The van der Waals surface area contributed by atoms with Gasteiger partial charge in [-0.3, -0.25) is 0 Å². The average Bonchev–Trinajstić information content (AvgIpc) is 2.85. The van der Waals surface area contributed by atoms with Crippen molar-refractivity contribution in [3.8, 4) is 5.75 Å². The zero-order valence-corrected chi connectivity index (χ0v) is 15.5. The molecule has 0 unspecified atom stereocenters. The van der Waals surface area contributed by atoms with E-state index in [9.17, 15) is 4.79 Å². The summed E-state index contributed by atoms with van der Waals surface area (Å²) in [6.07, 6.45) is 5.25. The van der Waals surface area contributed by atoms with E-state index < -0.39 is 0 Å². The van der Waals surface area contributed by atoms with E-state index in [-0.39, 0.29) is 6.03 Å². The van der Waals surface area contributed by atoms with Crippen molar-refractivity contribution >= 4 is 11.7 Å². The summed E-state index contributed by atoms with van der Waals surface area (Å²) in [5.41, 5.74) is 1.76. The van der Waals surface area contributed by atoms with E-state index in [4.69, 9.17) is 4.74 Å². The summed E-state index contributed by atoms with van der Waals surface area (Å²) in [5.74, 6) is 2.71. The van der Waals surface area contributed by atoms with Crippen LogP contribution in [0, 0.1) is 6.92 Å². The Kier molecular flexibility index (Phi) is 6.09. The topological polar surface area (TPSA) is 81.1 Å². The van der Waals surface area contributed by atoms with Crippen LogP contribution < -0.4 is 15.4 Å². The fraction of sp³-hybridized carbons (Fsp3) is 0.526. The Bertz CT molecular complexity index is 756. The van der Waals surface area contributed by atoms with Crippen molar-refractivity contribution < 1.29 is 9.53 Å². The number of urea groups is 1. The molecule has 2 amide bonds. The number of fused-ring (bicyclic) bond motifs is 1. The lowest BCUT2D eigenvalue weighted by molar-refractivity contribution is 0.252. The zero-order valence-electron chi connectivity index (χ0n) is 15.5. The maximum atomic E-state index is 12.2. The Morgan fingerprint density at radius 2 is 2.15 bits per heavy atom. The van der Waals surface area contributed by atoms with Crippen LogP contribution in [0.1, 0.15) is 43.4 Å². The van der Waals surface area contributed by atoms with Crippen LogP contribution in [0.5, 0.6) is 5.75 Å². The van der Waals surface area contributed by atoms with Crippen molar-refractivity contribution in [1.29, 1.82) is 0 Å². The number of aromatic nitrogens is 3. The third-order valence-electron chi connectivity index (χ3n) is 4.51. The predicted molar refractivity (Wildman–Crippen MR) is 101 cm³/mol. The maximum Gasteiger partial charge on any atom is 0.319 e. The SMILES string of the molecule is CCOc1cc(C)ccc1NC(=O)NCCc1nnc2n1CCCCC2. The average molecular weight is 357 g/mol. The largest absolute Gasteiger partial charge is 0.492 e. The number of carbonyl (C=O) groups is 1. The van der Waals surface area contributed by atoms with Gasteiger partial charge in [-0.05, 0) is 44.4 Å². The van der Waals surface area contributed by atoms with E-state index >= 15 is 0 Å². The van der Waals surface area contributed by atoms with Crippen molar-refractivity contribution in [3.63, 3.8) is 0 Å². The Balaban J connectivity index is 1.53. The van der Waals surface area contributed by atoms with Crippen LogP contribution in [0.25, 0.3) is 0 Å². The monoisotopic (exact) mass is 357 g/mol. The molecule has 0 saturated heterocycles. The minimum absolute atomic E-state index is 0.245. The summed E-state index contributed by atoms with van der Waals surface area (Å²) in [4.78, 5) is 12.2. The number of nitrogens with zero attached hydrogens (tertiary/aromatic N) is 3. The Labute approximate surface area is 154 Å². The Morgan fingerprint density at radius 1 is 1.27 bits per heavy atom. The number of anilines is 1. The van der Waals surface area contributed by atoms with Crippen LogP contribution in [0.15, 0.2) is 18.2 Å². The lowest BCUT2D eigenvalue weighted by Crippen LogP contribution is -2.31. The van der Waals surface area contributed by atoms with Crippen molar-refractivity contribution in [3.05, 3.63) is 35.4 Å². The molecule has 1 aliphatic rings. The summed E-state index contributed by atoms with van der Waals surface area (Å²) in [5, 5.41) is 14.3. The summed E-state index contributed by atoms with van der Waals surface area (Å²) >= 11 is 0. The highest BCUT2D eigenvalue weighted by atomic mass is 16.5. The van der Waals surface area contributed by atoms with Crippen LogP contribution in [0.3, 0.4) is 0 Å². The first-order chi connectivity index (χ1) is 12.7. The van der Waals surface area contributed by atoms with Gasteiger partial charge in [-0.1, -0.05) is 12.5 Å². The van der Waals surface area contributed by atoms with Gasteiger partial charge in [0.2, 0.25) is 0 Å². The highest BCUT2D eigenvalue weighted by molar-refractivity contribution is 5.90. The molecule has 0 atom stereocenters. The van der Waals surface area contributed by atoms with E-state index in [1.165, 1.54) is 19.3 Å². The molecule has 2 N–H and O–H groups in total. The van der Waals surface area contributed by atoms with E-state index in [2.05, 4.69) is 25.4 Å². The van der Waals surface area contributed by atoms with Gasteiger partial charge in [0.15, 0.2) is 0 Å². The first-order valence-corrected chi connectivity index (χ1v) is 9.36. The van der Waals surface area contributed by atoms with Gasteiger partial charge in [0, 0.05) is 25.9 Å². The predicted octanol–water partition coefficient (Wildman–Crippen LogP) is 3.08. The molecular formula is C19H27N5O2. The van der Waals surface area contributed by atoms with Gasteiger partial charge in [0.1, 0.15) is 17.4 Å². The molecule has 2 heterocycles. The Hall–Kier alpha value is -2.57. The summed E-state index contributed by atoms with van der Waals surface area (Å²) in [7, 11) is 0. The minimum atomic E-state index is -0.245. The number of carbonyl (C=O) groups excluding carboxylic acids is 1. The third-order valence-corrected chi connectivity index (χ3v) is 4.51. The second-order valence-electron chi connectivity index (χ2n) is 6.56. The van der Waals surface area contributed by atoms with E-state index in [1.807, 2.05) is 32.0 Å². The highest BCUT2D eigenvalue weighted by Crippen LogP contribution is 2.25. The standard InChI is InChI=1S/C19H27N5O2/c1-3-26-16-13-14(2)8-9-15(16)21-19(25)20-11-10-18-23-22-17-7-5-4-6-12-24(17)18/h8-9,13H,3-7,10-12H2,1-2H3,(H2,20,21,25). The number of hydrogen-bond acceptors (Lipinski definition) is 4. The minimum Gasteiger partial charge on any atom is -0.492 e. The maximum absolute atomic E-state index is 12.2. The molecule has 3 rings (SSSR count). The smallest absolute Gasteiger partial charge is 0.319 e. The van der Waals surface area contributed by atoms with Gasteiger partial charge < -0.3 is 19.9 Å². The summed E-state index contributed by atoms with van der Waals surface area (Å²) < 4.78 is 7.80. The molecule has 1 aromatic carbocycles. The van der Waals surface area contributed by atoms with Gasteiger partial charge in [-0.2, -0.15) is 0 Å². The first-order valence-electron chi connectivity index (χ1n) is 9.36. The number of hydrogen-bond donors (Lipinski definition) is 2. The van der Waals surface area contributed by atoms with Crippen LogP contribution in [-0.4, -0.2) is 33.9 Å². The van der Waals surface area contributed by atoms with Crippen molar-refractivity contribution in [2.24, 2.45) is 0 Å². The highest BCUT2D eigenvalue weighted by Gasteiger charge is 2.14. The molecule has 1 aromatic heterocycles. The molecule has 0 fully saturated rings. The normalized spacial score (nSPS) is 13.6. The fourth-order valence-electron chi connectivity index (χ4n) is 3.19. The first kappa shape index (κ1) is 18.2. The van der Waals surface area contributed by atoms with Crippen LogP contribution in [0.2, 0.25) is 0 Å². The molecule has 0 spiro atoms. The van der Waals surface area contributed by atoms with Gasteiger partial charge in [0.25, 0.3) is 0 Å². The van der Waals surface area contributed by atoms with Crippen molar-refractivity contribution in [2.75, 3.05) is 18.5 Å². The molecular weight excluding hydrogens is 330 g/mol. The molecule has 2 aromatic rings. The van der Waals surface area contributed by atoms with Gasteiger partial charge in [-0.15, -0.1) is 10.2 Å². The van der Waals surface area contributed by atoms with Gasteiger partial charge in [-0.25, -0.2) is 4.79 Å². The molecule has 140 valence electrons. The fourth-order valence-corrected chi connectivity index (χ4v) is 3.19. The van der Waals surface area contributed by atoms with Gasteiger partial charge >= 0.3 is 6.03 Å². The lowest BCUT2D eigenvalue weighted by Gasteiger charge is -2.13. The number of ether oxygens (including phenoxy) is 1. The molecule has 7 heteroatoms. The van der Waals surface area contributed by atoms with E-state index in [0.29, 0.717) is 31.0 Å². The molecule has 1 aliphatic heterocycles. The lowest BCUT2D eigenvalue weighted by atomic mass is 10.2. The molecule has 0 aliphatic carbocycles. The second kappa shape index (κ2) is 8.69. The summed E-state index contributed by atoms with van der Waals surface area (Å²) in [6, 6.07) is 5.48. The molecule has 26 heavy (non-hydrogen) atoms. The Morgan fingerprint density at radius 3 is 3.00 bits per heavy atom. The second-order valence-corrected chi connectivity index (χ2v) is 6.56. The number of benzene rings is 1. The van der Waals surface area contributed by atoms with Gasteiger partial charge in [0.05, 0.1) is 12.3 Å². The zero-order chi connectivity index (χ0) is 18.4. The summed E-state index contributed by atoms with van der Waals surface area (Å²) in [6.45, 7) is 5.96. The quantitative estimate of drug-likeness (QED) is 0.832. The van der Waals surface area contributed by atoms with Crippen molar-refractivity contribution in [1.82, 2.24) is 20.1 Å². The number of aryl methyl sites for hydroxylation is 2. The van der Waals surface area contributed by atoms with Crippen molar-refractivity contribution in [2.45, 2.75) is 52.5 Å². The molecule has 7 nitrogen and oxygen atoms in total. The van der Waals surface area contributed by atoms with Crippen LogP contribution in [0.4, 0.5) is 10.5 Å². The number of nitrogens with one attached hydrogen (secondary N) is 2. The molecule has 0 saturated carbocycles. The van der Waals surface area contributed by atoms with Crippen LogP contribution in [-0.2, 0) is 19.4 Å². The number of amides is 2. The molecule has 0 radical (unpaired) electrons. The third kappa shape index (κ3) is 4.53.